The molecule has 4 nitrogen and oxygen atoms in total. The lowest BCUT2D eigenvalue weighted by Gasteiger charge is -2.12. The van der Waals surface area contributed by atoms with Crippen molar-refractivity contribution in [2.75, 3.05) is 5.32 Å². The first kappa shape index (κ1) is 18.1. The number of amidine groups is 1. The highest BCUT2D eigenvalue weighted by Crippen LogP contribution is 2.50. The van der Waals surface area contributed by atoms with Gasteiger partial charge in [-0.2, -0.15) is 4.99 Å². The van der Waals surface area contributed by atoms with Gasteiger partial charge in [0, 0.05) is 17.5 Å². The van der Waals surface area contributed by atoms with Crippen LogP contribution in [0.5, 0.6) is 0 Å². The number of halogens is 3. The topological polar surface area (TPSA) is 67.5 Å². The Morgan fingerprint density at radius 3 is 2.58 bits per heavy atom. The van der Waals surface area contributed by atoms with E-state index in [4.69, 9.17) is 17.3 Å². The minimum atomic E-state index is -0.915. The highest BCUT2D eigenvalue weighted by Gasteiger charge is 2.52. The molecule has 0 radical (unpaired) electrons. The van der Waals surface area contributed by atoms with Crippen LogP contribution in [0.25, 0.3) is 0 Å². The predicted octanol–water partition coefficient (Wildman–Crippen LogP) is 4.16. The lowest BCUT2D eigenvalue weighted by Crippen LogP contribution is -2.23. The summed E-state index contributed by atoms with van der Waals surface area (Å²) in [6, 6.07) is 10.3. The summed E-state index contributed by atoms with van der Waals surface area (Å²) in [5.74, 6) is -1.42. The second-order valence-electron chi connectivity index (χ2n) is 6.01. The van der Waals surface area contributed by atoms with Crippen molar-refractivity contribution in [2.24, 2.45) is 10.7 Å². The number of hydrogen-bond donors (Lipinski definition) is 2. The fourth-order valence-electron chi connectivity index (χ4n) is 2.64. The Labute approximate surface area is 154 Å². The van der Waals surface area contributed by atoms with E-state index in [1.54, 1.807) is 18.2 Å². The first-order valence-corrected chi connectivity index (χ1v) is 8.32. The number of rotatable bonds is 5. The highest BCUT2D eigenvalue weighted by atomic mass is 35.5. The van der Waals surface area contributed by atoms with Gasteiger partial charge in [-0.1, -0.05) is 29.8 Å². The largest absolute Gasteiger partial charge is 0.384 e. The van der Waals surface area contributed by atoms with Gasteiger partial charge in [0.05, 0.1) is 10.4 Å². The average Bonchev–Trinajstić information content (AvgIpc) is 3.40. The molecule has 0 spiro atoms. The molecule has 26 heavy (non-hydrogen) atoms. The van der Waals surface area contributed by atoms with Crippen LogP contribution >= 0.6 is 11.6 Å². The Hall–Kier alpha value is -2.73. The molecule has 3 rings (SSSR count). The molecule has 1 saturated carbocycles. The van der Waals surface area contributed by atoms with Crippen molar-refractivity contribution in [2.45, 2.75) is 18.3 Å². The second kappa shape index (κ2) is 7.25. The van der Waals surface area contributed by atoms with Crippen molar-refractivity contribution in [3.05, 3.63) is 77.0 Å². The van der Waals surface area contributed by atoms with E-state index in [9.17, 15) is 13.6 Å². The Morgan fingerprint density at radius 2 is 1.92 bits per heavy atom. The molecule has 0 heterocycles. The van der Waals surface area contributed by atoms with Gasteiger partial charge in [-0.25, -0.2) is 8.78 Å². The first-order chi connectivity index (χ1) is 12.4. The molecule has 1 aliphatic rings. The number of nitrogens with zero attached hydrogens (tertiary/aromatic N) is 1. The maximum atomic E-state index is 14.0. The minimum Gasteiger partial charge on any atom is -0.384 e. The Balaban J connectivity index is 1.68. The summed E-state index contributed by atoms with van der Waals surface area (Å²) in [6.07, 6.45) is 3.93. The molecule has 2 aromatic rings. The van der Waals surface area contributed by atoms with E-state index in [1.807, 2.05) is 0 Å². The fraction of sp³-hybridized carbons (Fsp3) is 0.158. The summed E-state index contributed by atoms with van der Waals surface area (Å²) in [4.78, 5) is 16.3. The van der Waals surface area contributed by atoms with Gasteiger partial charge in [-0.15, -0.1) is 0 Å². The van der Waals surface area contributed by atoms with Crippen LogP contribution in [0.15, 0.2) is 59.7 Å². The van der Waals surface area contributed by atoms with Gasteiger partial charge in [-0.3, -0.25) is 4.79 Å². The molecule has 1 aliphatic carbocycles. The molecule has 3 N–H and O–H groups in total. The molecular formula is C19H16ClF2N3O. The molecule has 1 fully saturated rings. The molecule has 0 unspecified atom stereocenters. The van der Waals surface area contributed by atoms with Crippen LogP contribution < -0.4 is 11.1 Å². The normalized spacial score (nSPS) is 15.9. The standard InChI is InChI=1S/C19H16ClF2N3O/c20-14-11-12(5-6-16(14)22)24-10-7-17(23)25-18(26)19(8-9-19)13-3-1-2-4-15(13)21/h1-7,10-11,24H,8-9H2,(H2,23,25,26)/b10-7-. The number of aliphatic imine (C=N–C) groups is 1. The third-order valence-electron chi connectivity index (χ3n) is 4.20. The van der Waals surface area contributed by atoms with Gasteiger partial charge in [-0.05, 0) is 43.2 Å². The smallest absolute Gasteiger partial charge is 0.258 e. The van der Waals surface area contributed by atoms with Crippen LogP contribution in [-0.4, -0.2) is 11.7 Å². The van der Waals surface area contributed by atoms with Gasteiger partial charge < -0.3 is 11.1 Å². The predicted molar refractivity (Wildman–Crippen MR) is 98.1 cm³/mol. The second-order valence-corrected chi connectivity index (χ2v) is 6.42. The van der Waals surface area contributed by atoms with Crippen LogP contribution in [0.2, 0.25) is 5.02 Å². The first-order valence-electron chi connectivity index (χ1n) is 7.94. The van der Waals surface area contributed by atoms with E-state index in [-0.39, 0.29) is 10.9 Å². The van der Waals surface area contributed by atoms with Gasteiger partial charge in [0.1, 0.15) is 17.5 Å². The van der Waals surface area contributed by atoms with Gasteiger partial charge in [0.25, 0.3) is 5.91 Å². The van der Waals surface area contributed by atoms with Gasteiger partial charge in [0.15, 0.2) is 0 Å². The summed E-state index contributed by atoms with van der Waals surface area (Å²) in [5.41, 5.74) is 5.75. The quantitative estimate of drug-likeness (QED) is 0.609. The van der Waals surface area contributed by atoms with Crippen molar-refractivity contribution in [3.63, 3.8) is 0 Å². The third kappa shape index (κ3) is 3.75. The summed E-state index contributed by atoms with van der Waals surface area (Å²) in [6.45, 7) is 0. The van der Waals surface area contributed by atoms with Crippen LogP contribution in [0, 0.1) is 11.6 Å². The molecule has 0 aromatic heterocycles. The van der Waals surface area contributed by atoms with E-state index in [2.05, 4.69) is 10.3 Å². The number of hydrogen-bond acceptors (Lipinski definition) is 2. The van der Waals surface area contributed by atoms with E-state index >= 15 is 0 Å². The molecule has 1 amide bonds. The van der Waals surface area contributed by atoms with Crippen molar-refractivity contribution >= 4 is 29.0 Å². The SMILES string of the molecule is NC(/C=C\Nc1ccc(F)c(Cl)c1)=NC(=O)C1(c2ccccc2F)CC1. The summed E-state index contributed by atoms with van der Waals surface area (Å²) in [5, 5.41) is 2.84. The number of amides is 1. The number of nitrogens with one attached hydrogen (secondary N) is 1. The fourth-order valence-corrected chi connectivity index (χ4v) is 2.82. The zero-order valence-corrected chi connectivity index (χ0v) is 14.4. The molecule has 0 aliphatic heterocycles. The summed E-state index contributed by atoms with van der Waals surface area (Å²) in [7, 11) is 0. The van der Waals surface area contributed by atoms with Crippen molar-refractivity contribution in [3.8, 4) is 0 Å². The van der Waals surface area contributed by atoms with Crippen LogP contribution in [-0.2, 0) is 10.2 Å². The van der Waals surface area contributed by atoms with Crippen molar-refractivity contribution in [1.82, 2.24) is 0 Å². The Morgan fingerprint density at radius 1 is 1.19 bits per heavy atom. The Kier molecular flexibility index (Phi) is 5.04. The molecule has 7 heteroatoms. The van der Waals surface area contributed by atoms with Gasteiger partial charge >= 0.3 is 0 Å². The third-order valence-corrected chi connectivity index (χ3v) is 4.49. The number of carbonyl (C=O) groups excluding carboxylic acids is 1. The van der Waals surface area contributed by atoms with E-state index < -0.39 is 23.0 Å². The number of anilines is 1. The summed E-state index contributed by atoms with van der Waals surface area (Å²) >= 11 is 5.69. The zero-order valence-electron chi connectivity index (χ0n) is 13.7. The lowest BCUT2D eigenvalue weighted by atomic mass is 9.94. The summed E-state index contributed by atoms with van der Waals surface area (Å²) < 4.78 is 27.1. The highest BCUT2D eigenvalue weighted by molar-refractivity contribution is 6.31. The lowest BCUT2D eigenvalue weighted by molar-refractivity contribution is -0.120. The Bertz CT molecular complexity index is 907. The van der Waals surface area contributed by atoms with E-state index in [0.29, 0.717) is 24.1 Å². The van der Waals surface area contributed by atoms with Gasteiger partial charge in [0.2, 0.25) is 0 Å². The molecule has 134 valence electrons. The van der Waals surface area contributed by atoms with Crippen LogP contribution in [0.1, 0.15) is 18.4 Å². The monoisotopic (exact) mass is 375 g/mol. The maximum Gasteiger partial charge on any atom is 0.258 e. The van der Waals surface area contributed by atoms with Crippen LogP contribution in [0.4, 0.5) is 14.5 Å². The number of carbonyl (C=O) groups is 1. The van der Waals surface area contributed by atoms with E-state index in [1.165, 1.54) is 36.5 Å². The number of benzene rings is 2. The van der Waals surface area contributed by atoms with Crippen molar-refractivity contribution < 1.29 is 13.6 Å². The zero-order chi connectivity index (χ0) is 18.7. The molecule has 0 atom stereocenters. The molecular weight excluding hydrogens is 360 g/mol. The minimum absolute atomic E-state index is 0.0132. The van der Waals surface area contributed by atoms with Crippen molar-refractivity contribution in [1.29, 1.82) is 0 Å². The van der Waals surface area contributed by atoms with Crippen LogP contribution in [0.3, 0.4) is 0 Å². The van der Waals surface area contributed by atoms with E-state index in [0.717, 1.165) is 0 Å². The number of nitrogens with two attached hydrogens (primary N) is 1. The molecule has 0 bridgehead atoms. The molecule has 0 saturated heterocycles. The molecule has 2 aromatic carbocycles. The average molecular weight is 376 g/mol. The maximum absolute atomic E-state index is 14.0.